The Hall–Kier alpha value is -1.86. The van der Waals surface area contributed by atoms with Gasteiger partial charge in [0.2, 0.25) is 0 Å². The largest absolute Gasteiger partial charge is 0.381 e. The summed E-state index contributed by atoms with van der Waals surface area (Å²) in [6.45, 7) is 8.40. The average molecular weight is 371 g/mol. The van der Waals surface area contributed by atoms with Crippen LogP contribution in [0.25, 0.3) is 5.65 Å². The first-order valence-corrected chi connectivity index (χ1v) is 10.3. The van der Waals surface area contributed by atoms with Crippen LogP contribution in [-0.2, 0) is 4.74 Å². The number of hydrogen-bond acceptors (Lipinski definition) is 6. The number of nitrogens with zero attached hydrogens (tertiary/aromatic N) is 3. The molecule has 0 radical (unpaired) electrons. The lowest BCUT2D eigenvalue weighted by molar-refractivity contribution is 0.0468. The van der Waals surface area contributed by atoms with E-state index in [-0.39, 0.29) is 0 Å². The van der Waals surface area contributed by atoms with E-state index in [1.165, 1.54) is 31.5 Å². The third-order valence-corrected chi connectivity index (χ3v) is 6.41. The molecule has 5 rings (SSSR count). The number of fused-ring (bicyclic) bond motifs is 1. The van der Waals surface area contributed by atoms with Gasteiger partial charge >= 0.3 is 0 Å². The standard InChI is InChI=1S/C20H30N6O/c1-13(2)16-10-22-26-18(24-15-8-20(9-15)11-21-12-20)7-17(25-19(16)26)23-14-3-5-27-6-4-14/h7,10,13-15,21,24H,3-6,8-9,11-12H2,1-2H3,(H,23,25). The van der Waals surface area contributed by atoms with Crippen molar-refractivity contribution in [3.05, 3.63) is 17.8 Å². The number of anilines is 2. The minimum Gasteiger partial charge on any atom is -0.381 e. The fraction of sp³-hybridized carbons (Fsp3) is 0.700. The van der Waals surface area contributed by atoms with Gasteiger partial charge in [0.25, 0.3) is 0 Å². The van der Waals surface area contributed by atoms with Crippen LogP contribution >= 0.6 is 0 Å². The molecule has 2 aliphatic heterocycles. The van der Waals surface area contributed by atoms with E-state index in [0.29, 0.717) is 23.4 Å². The van der Waals surface area contributed by atoms with Crippen molar-refractivity contribution in [3.63, 3.8) is 0 Å². The molecule has 0 atom stereocenters. The van der Waals surface area contributed by atoms with E-state index in [1.807, 2.05) is 10.7 Å². The number of aromatic nitrogens is 3. The molecule has 2 aromatic heterocycles. The number of hydrogen-bond donors (Lipinski definition) is 3. The molecule has 1 spiro atoms. The zero-order valence-electron chi connectivity index (χ0n) is 16.3. The van der Waals surface area contributed by atoms with Crippen LogP contribution < -0.4 is 16.0 Å². The van der Waals surface area contributed by atoms with E-state index in [1.54, 1.807) is 0 Å². The van der Waals surface area contributed by atoms with Crippen LogP contribution in [0.3, 0.4) is 0 Å². The second-order valence-corrected chi connectivity index (χ2v) is 8.90. The second-order valence-electron chi connectivity index (χ2n) is 8.90. The predicted octanol–water partition coefficient (Wildman–Crippen LogP) is 2.61. The molecule has 2 aromatic rings. The van der Waals surface area contributed by atoms with Crippen LogP contribution in [0.4, 0.5) is 11.6 Å². The minimum absolute atomic E-state index is 0.397. The van der Waals surface area contributed by atoms with Gasteiger partial charge in [-0.2, -0.15) is 9.61 Å². The summed E-state index contributed by atoms with van der Waals surface area (Å²) in [5.74, 6) is 2.39. The van der Waals surface area contributed by atoms with Gasteiger partial charge in [0.05, 0.1) is 6.20 Å². The maximum Gasteiger partial charge on any atom is 0.163 e. The lowest BCUT2D eigenvalue weighted by Gasteiger charge is -2.54. The molecule has 7 nitrogen and oxygen atoms in total. The highest BCUT2D eigenvalue weighted by Crippen LogP contribution is 2.45. The fourth-order valence-corrected chi connectivity index (χ4v) is 4.68. The van der Waals surface area contributed by atoms with Gasteiger partial charge in [-0.05, 0) is 37.0 Å². The first-order chi connectivity index (χ1) is 13.1. The molecule has 3 aliphatic rings. The SMILES string of the molecule is CC(C)c1cnn2c(NC3CC4(CNC4)C3)cc(NC3CCOCC3)nc12. The molecular formula is C20H30N6O. The van der Waals surface area contributed by atoms with Crippen LogP contribution in [0.5, 0.6) is 0 Å². The molecule has 0 aromatic carbocycles. The monoisotopic (exact) mass is 370 g/mol. The molecule has 3 N–H and O–H groups in total. The Morgan fingerprint density at radius 1 is 1.19 bits per heavy atom. The first-order valence-electron chi connectivity index (χ1n) is 10.3. The van der Waals surface area contributed by atoms with E-state index in [4.69, 9.17) is 9.72 Å². The molecular weight excluding hydrogens is 340 g/mol. The summed E-state index contributed by atoms with van der Waals surface area (Å²) in [5.41, 5.74) is 2.71. The third-order valence-electron chi connectivity index (χ3n) is 6.41. The van der Waals surface area contributed by atoms with Gasteiger partial charge in [-0.15, -0.1) is 0 Å². The van der Waals surface area contributed by atoms with Crippen molar-refractivity contribution in [2.75, 3.05) is 36.9 Å². The summed E-state index contributed by atoms with van der Waals surface area (Å²) >= 11 is 0. The highest BCUT2D eigenvalue weighted by molar-refractivity contribution is 5.61. The van der Waals surface area contributed by atoms with Crippen molar-refractivity contribution in [2.24, 2.45) is 5.41 Å². The van der Waals surface area contributed by atoms with Crippen molar-refractivity contribution in [1.29, 1.82) is 0 Å². The quantitative estimate of drug-likeness (QED) is 0.751. The molecule has 146 valence electrons. The Kier molecular flexibility index (Phi) is 4.24. The van der Waals surface area contributed by atoms with Gasteiger partial charge in [0, 0.05) is 50.0 Å². The molecule has 0 amide bonds. The molecule has 0 unspecified atom stereocenters. The van der Waals surface area contributed by atoms with Gasteiger partial charge in [0.15, 0.2) is 5.65 Å². The van der Waals surface area contributed by atoms with Crippen LogP contribution in [-0.4, -0.2) is 53.0 Å². The molecule has 7 heteroatoms. The summed E-state index contributed by atoms with van der Waals surface area (Å²) in [7, 11) is 0. The summed E-state index contributed by atoms with van der Waals surface area (Å²) in [4.78, 5) is 4.92. The van der Waals surface area contributed by atoms with Gasteiger partial charge in [-0.1, -0.05) is 13.8 Å². The van der Waals surface area contributed by atoms with Crippen LogP contribution in [0.15, 0.2) is 12.3 Å². The third kappa shape index (κ3) is 3.17. The zero-order chi connectivity index (χ0) is 18.4. The molecule has 2 saturated heterocycles. The Balaban J connectivity index is 1.42. The number of ether oxygens (including phenoxy) is 1. The highest BCUT2D eigenvalue weighted by atomic mass is 16.5. The number of rotatable bonds is 5. The maximum atomic E-state index is 5.49. The van der Waals surface area contributed by atoms with Crippen molar-refractivity contribution in [2.45, 2.75) is 57.5 Å². The maximum absolute atomic E-state index is 5.49. The van der Waals surface area contributed by atoms with Crippen LogP contribution in [0.2, 0.25) is 0 Å². The topological polar surface area (TPSA) is 75.5 Å². The zero-order valence-corrected chi connectivity index (χ0v) is 16.3. The smallest absolute Gasteiger partial charge is 0.163 e. The fourth-order valence-electron chi connectivity index (χ4n) is 4.68. The lowest BCUT2D eigenvalue weighted by Crippen LogP contribution is -2.63. The Morgan fingerprint density at radius 2 is 1.96 bits per heavy atom. The van der Waals surface area contributed by atoms with Gasteiger partial charge in [0.1, 0.15) is 11.6 Å². The molecule has 1 aliphatic carbocycles. The summed E-state index contributed by atoms with van der Waals surface area (Å²) in [6, 6.07) is 3.09. The molecule has 0 bridgehead atoms. The first kappa shape index (κ1) is 17.3. The van der Waals surface area contributed by atoms with Gasteiger partial charge in [-0.25, -0.2) is 4.98 Å². The summed E-state index contributed by atoms with van der Waals surface area (Å²) in [5, 5.41) is 15.4. The van der Waals surface area contributed by atoms with E-state index in [9.17, 15) is 0 Å². The molecule has 27 heavy (non-hydrogen) atoms. The Bertz CT molecular complexity index is 813. The Morgan fingerprint density at radius 3 is 2.63 bits per heavy atom. The summed E-state index contributed by atoms with van der Waals surface area (Å²) in [6.07, 6.45) is 6.51. The van der Waals surface area contributed by atoms with E-state index < -0.39 is 0 Å². The average Bonchev–Trinajstić information content (AvgIpc) is 3.01. The predicted molar refractivity (Wildman–Crippen MR) is 106 cm³/mol. The Labute approximate surface area is 160 Å². The van der Waals surface area contributed by atoms with E-state index in [0.717, 1.165) is 43.3 Å². The molecule has 3 fully saturated rings. The van der Waals surface area contributed by atoms with Crippen molar-refractivity contribution in [1.82, 2.24) is 19.9 Å². The summed E-state index contributed by atoms with van der Waals surface area (Å²) < 4.78 is 7.47. The van der Waals surface area contributed by atoms with Crippen molar-refractivity contribution in [3.8, 4) is 0 Å². The minimum atomic E-state index is 0.397. The van der Waals surface area contributed by atoms with E-state index in [2.05, 4.69) is 41.0 Å². The van der Waals surface area contributed by atoms with Crippen molar-refractivity contribution >= 4 is 17.3 Å². The normalized spacial score (nSPS) is 22.8. The molecule has 4 heterocycles. The van der Waals surface area contributed by atoms with E-state index >= 15 is 0 Å². The highest BCUT2D eigenvalue weighted by Gasteiger charge is 2.48. The lowest BCUT2D eigenvalue weighted by atomic mass is 9.62. The van der Waals surface area contributed by atoms with Crippen LogP contribution in [0, 0.1) is 5.41 Å². The van der Waals surface area contributed by atoms with Crippen LogP contribution in [0.1, 0.15) is 51.0 Å². The molecule has 1 saturated carbocycles. The number of nitrogens with one attached hydrogen (secondary N) is 3. The van der Waals surface area contributed by atoms with Gasteiger partial charge < -0.3 is 20.7 Å². The second kappa shape index (κ2) is 6.63. The van der Waals surface area contributed by atoms with Gasteiger partial charge in [-0.3, -0.25) is 0 Å². The van der Waals surface area contributed by atoms with Crippen molar-refractivity contribution < 1.29 is 4.74 Å².